The number of sulfonamides is 1. The Labute approximate surface area is 174 Å². The molecule has 1 atom stereocenters. The molecule has 3 rings (SSSR count). The molecule has 0 spiro atoms. The van der Waals surface area contributed by atoms with Crippen LogP contribution in [0.15, 0.2) is 48.5 Å². The topological polar surface area (TPSA) is 110 Å². The van der Waals surface area contributed by atoms with E-state index in [1.54, 1.807) is 29.2 Å². The third kappa shape index (κ3) is 5.24. The highest BCUT2D eigenvalue weighted by atomic mass is 32.2. The van der Waals surface area contributed by atoms with Crippen LogP contribution in [-0.4, -0.2) is 45.0 Å². The van der Waals surface area contributed by atoms with Gasteiger partial charge in [-0.3, -0.25) is 14.3 Å². The quantitative estimate of drug-likeness (QED) is 0.534. The molecule has 1 saturated heterocycles. The fourth-order valence-electron chi connectivity index (χ4n) is 3.13. The van der Waals surface area contributed by atoms with Gasteiger partial charge in [0.05, 0.1) is 11.8 Å². The highest BCUT2D eigenvalue weighted by Crippen LogP contribution is 2.22. The zero-order valence-electron chi connectivity index (χ0n) is 16.6. The Hall–Kier alpha value is -3.20. The number of hydrogen-bond acceptors (Lipinski definition) is 6. The van der Waals surface area contributed by atoms with E-state index in [-0.39, 0.29) is 17.0 Å². The van der Waals surface area contributed by atoms with Crippen molar-refractivity contribution in [2.45, 2.75) is 25.9 Å². The molecule has 0 radical (unpaired) electrons. The van der Waals surface area contributed by atoms with Crippen molar-refractivity contribution in [1.29, 1.82) is 0 Å². The van der Waals surface area contributed by atoms with Gasteiger partial charge in [-0.2, -0.15) is 0 Å². The minimum Gasteiger partial charge on any atom is -0.451 e. The van der Waals surface area contributed by atoms with Gasteiger partial charge in [-0.25, -0.2) is 13.2 Å². The third-order valence-corrected chi connectivity index (χ3v) is 5.22. The Kier molecular flexibility index (Phi) is 6.21. The normalized spacial score (nSPS) is 15.0. The van der Waals surface area contributed by atoms with Crippen LogP contribution in [-0.2, 0) is 19.6 Å². The van der Waals surface area contributed by atoms with Gasteiger partial charge in [-0.15, -0.1) is 0 Å². The first-order valence-electron chi connectivity index (χ1n) is 9.37. The summed E-state index contributed by atoms with van der Waals surface area (Å²) in [6, 6.07) is 12.3. The van der Waals surface area contributed by atoms with E-state index in [1.165, 1.54) is 31.2 Å². The summed E-state index contributed by atoms with van der Waals surface area (Å²) >= 11 is 0. The van der Waals surface area contributed by atoms with Crippen LogP contribution in [0.4, 0.5) is 11.4 Å². The summed E-state index contributed by atoms with van der Waals surface area (Å²) in [6.45, 7) is 2.13. The SMILES string of the molecule is CC(OC(=O)c1ccc(N2CCCC2=O)cc1)C(=O)c1ccc(NS(C)(=O)=O)cc1. The number of hydrogen-bond donors (Lipinski definition) is 1. The molecule has 1 aliphatic rings. The monoisotopic (exact) mass is 430 g/mol. The number of rotatable bonds is 7. The maximum atomic E-state index is 12.5. The number of amides is 1. The Morgan fingerprint density at radius 3 is 2.17 bits per heavy atom. The molecule has 1 amide bonds. The average molecular weight is 430 g/mol. The molecule has 8 nitrogen and oxygen atoms in total. The molecule has 2 aromatic carbocycles. The number of benzene rings is 2. The number of Topliss-reactive ketones (excluding diaryl/α,β-unsaturated/α-hetero) is 1. The highest BCUT2D eigenvalue weighted by Gasteiger charge is 2.23. The first-order chi connectivity index (χ1) is 14.1. The Bertz CT molecular complexity index is 1060. The molecule has 0 saturated carbocycles. The lowest BCUT2D eigenvalue weighted by molar-refractivity contribution is -0.117. The van der Waals surface area contributed by atoms with Gasteiger partial charge < -0.3 is 9.64 Å². The predicted molar refractivity (Wildman–Crippen MR) is 112 cm³/mol. The number of ether oxygens (including phenoxy) is 1. The molecular weight excluding hydrogens is 408 g/mol. The molecule has 2 aromatic rings. The second-order valence-electron chi connectivity index (χ2n) is 7.06. The van der Waals surface area contributed by atoms with E-state index in [4.69, 9.17) is 4.74 Å². The number of anilines is 2. The Morgan fingerprint density at radius 1 is 1.03 bits per heavy atom. The van der Waals surface area contributed by atoms with Gasteiger partial charge in [0, 0.05) is 29.9 Å². The van der Waals surface area contributed by atoms with Gasteiger partial charge in [-0.1, -0.05) is 0 Å². The van der Waals surface area contributed by atoms with Crippen molar-refractivity contribution < 1.29 is 27.5 Å². The summed E-state index contributed by atoms with van der Waals surface area (Å²) in [5.74, 6) is -0.999. The second kappa shape index (κ2) is 8.66. The van der Waals surface area contributed by atoms with Crippen molar-refractivity contribution in [2.24, 2.45) is 0 Å². The molecule has 0 bridgehead atoms. The van der Waals surface area contributed by atoms with E-state index in [9.17, 15) is 22.8 Å². The van der Waals surface area contributed by atoms with Crippen LogP contribution in [0.3, 0.4) is 0 Å². The molecule has 0 aromatic heterocycles. The number of nitrogens with one attached hydrogen (secondary N) is 1. The molecule has 1 unspecified atom stereocenters. The average Bonchev–Trinajstić information content (AvgIpc) is 3.12. The van der Waals surface area contributed by atoms with Gasteiger partial charge in [0.15, 0.2) is 6.10 Å². The second-order valence-corrected chi connectivity index (χ2v) is 8.81. The smallest absolute Gasteiger partial charge is 0.338 e. The number of ketones is 1. The summed E-state index contributed by atoms with van der Waals surface area (Å²) in [7, 11) is -3.41. The summed E-state index contributed by atoms with van der Waals surface area (Å²) in [5, 5.41) is 0. The van der Waals surface area contributed by atoms with E-state index in [1.807, 2.05) is 0 Å². The standard InChI is InChI=1S/C21H22N2O6S/c1-14(20(25)15-5-9-17(10-6-15)22-30(2,27)28)29-21(26)16-7-11-18(12-8-16)23-13-3-4-19(23)24/h5-12,14,22H,3-4,13H2,1-2H3. The van der Waals surface area contributed by atoms with E-state index in [2.05, 4.69) is 4.72 Å². The van der Waals surface area contributed by atoms with Gasteiger partial charge in [0.1, 0.15) is 0 Å². The molecule has 1 heterocycles. The number of esters is 1. The number of nitrogens with zero attached hydrogens (tertiary/aromatic N) is 1. The molecule has 1 fully saturated rings. The number of carbonyl (C=O) groups excluding carboxylic acids is 3. The fourth-order valence-corrected chi connectivity index (χ4v) is 3.70. The zero-order valence-corrected chi connectivity index (χ0v) is 17.4. The highest BCUT2D eigenvalue weighted by molar-refractivity contribution is 7.92. The lowest BCUT2D eigenvalue weighted by Gasteiger charge is -2.16. The van der Waals surface area contributed by atoms with Crippen molar-refractivity contribution >= 4 is 39.1 Å². The van der Waals surface area contributed by atoms with Crippen LogP contribution in [0.25, 0.3) is 0 Å². The summed E-state index contributed by atoms with van der Waals surface area (Å²) in [4.78, 5) is 38.4. The van der Waals surface area contributed by atoms with Gasteiger partial charge in [0.25, 0.3) is 0 Å². The summed E-state index contributed by atoms with van der Waals surface area (Å²) in [6.07, 6.45) is 1.34. The van der Waals surface area contributed by atoms with E-state index in [0.717, 1.165) is 18.4 Å². The molecule has 30 heavy (non-hydrogen) atoms. The Balaban J connectivity index is 1.62. The summed E-state index contributed by atoms with van der Waals surface area (Å²) < 4.78 is 30.1. The van der Waals surface area contributed by atoms with E-state index >= 15 is 0 Å². The van der Waals surface area contributed by atoms with Crippen LogP contribution in [0.1, 0.15) is 40.5 Å². The van der Waals surface area contributed by atoms with Crippen LogP contribution in [0.2, 0.25) is 0 Å². The van der Waals surface area contributed by atoms with Crippen molar-refractivity contribution in [3.63, 3.8) is 0 Å². The number of carbonyl (C=O) groups is 3. The first-order valence-corrected chi connectivity index (χ1v) is 11.3. The van der Waals surface area contributed by atoms with Crippen LogP contribution in [0, 0.1) is 0 Å². The largest absolute Gasteiger partial charge is 0.451 e. The minimum atomic E-state index is -3.41. The van der Waals surface area contributed by atoms with E-state index < -0.39 is 27.9 Å². The zero-order chi connectivity index (χ0) is 21.9. The Morgan fingerprint density at radius 2 is 1.63 bits per heavy atom. The van der Waals surface area contributed by atoms with Crippen molar-refractivity contribution in [3.8, 4) is 0 Å². The van der Waals surface area contributed by atoms with Gasteiger partial charge in [-0.05, 0) is 61.9 Å². The van der Waals surface area contributed by atoms with E-state index in [0.29, 0.717) is 18.7 Å². The summed E-state index contributed by atoms with van der Waals surface area (Å²) in [5.41, 5.74) is 1.62. The third-order valence-electron chi connectivity index (χ3n) is 4.61. The lowest BCUT2D eigenvalue weighted by atomic mass is 10.1. The maximum absolute atomic E-state index is 12.5. The predicted octanol–water partition coefficient (Wildman–Crippen LogP) is 2.61. The molecule has 0 aliphatic carbocycles. The van der Waals surface area contributed by atoms with Crippen molar-refractivity contribution in [1.82, 2.24) is 0 Å². The van der Waals surface area contributed by atoms with Crippen molar-refractivity contribution in [2.75, 3.05) is 22.4 Å². The lowest BCUT2D eigenvalue weighted by Crippen LogP contribution is -2.25. The molecule has 1 aliphatic heterocycles. The van der Waals surface area contributed by atoms with Crippen LogP contribution in [0.5, 0.6) is 0 Å². The molecule has 158 valence electrons. The van der Waals surface area contributed by atoms with Gasteiger partial charge >= 0.3 is 5.97 Å². The van der Waals surface area contributed by atoms with Crippen LogP contribution < -0.4 is 9.62 Å². The minimum absolute atomic E-state index is 0.0577. The van der Waals surface area contributed by atoms with Crippen LogP contribution >= 0.6 is 0 Å². The first kappa shape index (κ1) is 21.5. The molecule has 1 N–H and O–H groups in total. The molecular formula is C21H22N2O6S. The fraction of sp³-hybridized carbons (Fsp3) is 0.286. The molecule has 9 heteroatoms. The maximum Gasteiger partial charge on any atom is 0.338 e. The van der Waals surface area contributed by atoms with Gasteiger partial charge in [0.2, 0.25) is 21.7 Å². The van der Waals surface area contributed by atoms with Crippen molar-refractivity contribution in [3.05, 3.63) is 59.7 Å².